The zero-order valence-electron chi connectivity index (χ0n) is 22.4. The van der Waals surface area contributed by atoms with Crippen LogP contribution in [-0.2, 0) is 19.1 Å². The van der Waals surface area contributed by atoms with Gasteiger partial charge in [0, 0.05) is 38.2 Å². The zero-order chi connectivity index (χ0) is 26.7. The number of carbonyl (C=O) groups is 3. The summed E-state index contributed by atoms with van der Waals surface area (Å²) in [5.74, 6) is 0.0189. The quantitative estimate of drug-likeness (QED) is 0.447. The molecule has 8 heteroatoms. The summed E-state index contributed by atoms with van der Waals surface area (Å²) < 4.78 is 5.88. The monoisotopic (exact) mass is 520 g/mol. The molecule has 1 aliphatic carbocycles. The lowest BCUT2D eigenvalue weighted by Gasteiger charge is -2.35. The van der Waals surface area contributed by atoms with Crippen LogP contribution in [0.5, 0.6) is 0 Å². The SMILES string of the molecule is Cc1ccc([C@@H](C(=O)NC2CCCCC2)N(C[C@@H]2CCCO2)C(=O)CCCC(=O)Nc2ccccn2)cc1. The molecule has 0 spiro atoms. The highest BCUT2D eigenvalue weighted by Crippen LogP contribution is 2.27. The second kappa shape index (κ2) is 14.0. The summed E-state index contributed by atoms with van der Waals surface area (Å²) in [4.78, 5) is 45.7. The molecule has 2 N–H and O–H groups in total. The van der Waals surface area contributed by atoms with Crippen molar-refractivity contribution in [1.29, 1.82) is 0 Å². The van der Waals surface area contributed by atoms with Crippen LogP contribution in [0.25, 0.3) is 0 Å². The van der Waals surface area contributed by atoms with Gasteiger partial charge in [-0.3, -0.25) is 14.4 Å². The van der Waals surface area contributed by atoms with E-state index in [-0.39, 0.29) is 42.7 Å². The van der Waals surface area contributed by atoms with Gasteiger partial charge in [-0.1, -0.05) is 55.2 Å². The number of carbonyl (C=O) groups excluding carboxylic acids is 3. The molecule has 3 amide bonds. The van der Waals surface area contributed by atoms with Crippen LogP contribution in [0.3, 0.4) is 0 Å². The van der Waals surface area contributed by atoms with Crippen LogP contribution in [0.15, 0.2) is 48.7 Å². The van der Waals surface area contributed by atoms with Crippen molar-refractivity contribution in [3.8, 4) is 0 Å². The highest BCUT2D eigenvalue weighted by Gasteiger charge is 2.35. The minimum absolute atomic E-state index is 0.0955. The van der Waals surface area contributed by atoms with Gasteiger partial charge >= 0.3 is 0 Å². The van der Waals surface area contributed by atoms with Gasteiger partial charge in [-0.05, 0) is 56.7 Å². The van der Waals surface area contributed by atoms with Gasteiger partial charge in [-0.15, -0.1) is 0 Å². The van der Waals surface area contributed by atoms with Gasteiger partial charge in [-0.25, -0.2) is 4.98 Å². The summed E-state index contributed by atoms with van der Waals surface area (Å²) in [6, 6.07) is 12.6. The predicted molar refractivity (Wildman–Crippen MR) is 146 cm³/mol. The highest BCUT2D eigenvalue weighted by molar-refractivity contribution is 5.91. The van der Waals surface area contributed by atoms with Crippen molar-refractivity contribution < 1.29 is 19.1 Å². The number of aromatic nitrogens is 1. The summed E-state index contributed by atoms with van der Waals surface area (Å²) in [5, 5.41) is 6.01. The lowest BCUT2D eigenvalue weighted by atomic mass is 9.94. The predicted octanol–water partition coefficient (Wildman–Crippen LogP) is 4.70. The number of nitrogens with zero attached hydrogens (tertiary/aromatic N) is 2. The lowest BCUT2D eigenvalue weighted by molar-refractivity contribution is -0.143. The van der Waals surface area contributed by atoms with E-state index in [2.05, 4.69) is 15.6 Å². The zero-order valence-corrected chi connectivity index (χ0v) is 22.4. The number of rotatable bonds is 11. The largest absolute Gasteiger partial charge is 0.376 e. The molecule has 1 saturated heterocycles. The summed E-state index contributed by atoms with van der Waals surface area (Å²) >= 11 is 0. The number of hydrogen-bond donors (Lipinski definition) is 2. The first-order valence-electron chi connectivity index (χ1n) is 14.0. The number of benzene rings is 1. The maximum atomic E-state index is 13.8. The third kappa shape index (κ3) is 8.12. The first-order chi connectivity index (χ1) is 18.5. The van der Waals surface area contributed by atoms with Crippen LogP contribution in [0.1, 0.15) is 81.4 Å². The molecule has 8 nitrogen and oxygen atoms in total. The van der Waals surface area contributed by atoms with Crippen molar-refractivity contribution in [3.05, 3.63) is 59.8 Å². The van der Waals surface area contributed by atoms with E-state index in [9.17, 15) is 14.4 Å². The number of amides is 3. The molecule has 4 rings (SSSR count). The second-order valence-electron chi connectivity index (χ2n) is 10.5. The fourth-order valence-corrected chi connectivity index (χ4v) is 5.29. The Morgan fingerprint density at radius 2 is 1.79 bits per heavy atom. The van der Waals surface area contributed by atoms with Crippen LogP contribution in [-0.4, -0.2) is 52.9 Å². The fraction of sp³-hybridized carbons (Fsp3) is 0.533. The topological polar surface area (TPSA) is 101 Å². The summed E-state index contributed by atoms with van der Waals surface area (Å²) in [7, 11) is 0. The van der Waals surface area contributed by atoms with Gasteiger partial charge < -0.3 is 20.3 Å². The number of pyridine rings is 1. The van der Waals surface area contributed by atoms with Crippen LogP contribution < -0.4 is 10.6 Å². The number of ether oxygens (including phenoxy) is 1. The third-order valence-electron chi connectivity index (χ3n) is 7.38. The molecule has 1 saturated carbocycles. The van der Waals surface area contributed by atoms with Gasteiger partial charge in [-0.2, -0.15) is 0 Å². The van der Waals surface area contributed by atoms with Gasteiger partial charge in [0.1, 0.15) is 11.9 Å². The van der Waals surface area contributed by atoms with Gasteiger partial charge in [0.25, 0.3) is 0 Å². The van der Waals surface area contributed by atoms with Gasteiger partial charge in [0.15, 0.2) is 0 Å². The molecular weight excluding hydrogens is 480 g/mol. The van der Waals surface area contributed by atoms with E-state index in [1.807, 2.05) is 31.2 Å². The number of nitrogens with one attached hydrogen (secondary N) is 2. The summed E-state index contributed by atoms with van der Waals surface area (Å²) in [5.41, 5.74) is 1.89. The lowest BCUT2D eigenvalue weighted by Crippen LogP contribution is -2.49. The Kier molecular flexibility index (Phi) is 10.3. The molecule has 0 unspecified atom stereocenters. The number of hydrogen-bond acceptors (Lipinski definition) is 5. The van der Waals surface area contributed by atoms with Crippen molar-refractivity contribution in [2.24, 2.45) is 0 Å². The average molecular weight is 521 g/mol. The van der Waals surface area contributed by atoms with E-state index in [1.54, 1.807) is 29.3 Å². The Bertz CT molecular complexity index is 1050. The van der Waals surface area contributed by atoms with E-state index in [1.165, 1.54) is 6.42 Å². The van der Waals surface area contributed by atoms with Crippen molar-refractivity contribution in [2.75, 3.05) is 18.5 Å². The van der Waals surface area contributed by atoms with Gasteiger partial charge in [0.2, 0.25) is 17.7 Å². The molecule has 2 aliphatic rings. The maximum absolute atomic E-state index is 13.8. The van der Waals surface area contributed by atoms with Crippen molar-refractivity contribution in [1.82, 2.24) is 15.2 Å². The van der Waals surface area contributed by atoms with Gasteiger partial charge in [0.05, 0.1) is 6.10 Å². The molecule has 1 aromatic heterocycles. The first kappa shape index (κ1) is 27.8. The van der Waals surface area contributed by atoms with Crippen LogP contribution in [0.4, 0.5) is 5.82 Å². The molecule has 38 heavy (non-hydrogen) atoms. The van der Waals surface area contributed by atoms with Crippen LogP contribution in [0, 0.1) is 6.92 Å². The number of aryl methyl sites for hydroxylation is 1. The Hall–Kier alpha value is -3.26. The highest BCUT2D eigenvalue weighted by atomic mass is 16.5. The Labute approximate surface area is 225 Å². The molecule has 1 aliphatic heterocycles. The Balaban J connectivity index is 1.48. The smallest absolute Gasteiger partial charge is 0.247 e. The van der Waals surface area contributed by atoms with E-state index >= 15 is 0 Å². The van der Waals surface area contributed by atoms with E-state index in [0.717, 1.165) is 49.7 Å². The van der Waals surface area contributed by atoms with Crippen LogP contribution >= 0.6 is 0 Å². The minimum Gasteiger partial charge on any atom is -0.376 e. The van der Waals surface area contributed by atoms with Crippen LogP contribution in [0.2, 0.25) is 0 Å². The maximum Gasteiger partial charge on any atom is 0.247 e. The van der Waals surface area contributed by atoms with Crippen molar-refractivity contribution >= 4 is 23.5 Å². The molecule has 2 aromatic rings. The standard InChI is InChI=1S/C30H40N4O4/c1-22-15-17-23(18-16-22)29(30(37)32-24-9-3-2-4-10-24)34(21-25-11-8-20-38-25)28(36)14-7-13-27(35)33-26-12-5-6-19-31-26/h5-6,12,15-19,24-25,29H,2-4,7-11,13-14,20-21H2,1H3,(H,32,37)(H,31,33,35)/t25-,29-/m0/s1. The molecule has 204 valence electrons. The van der Waals surface area contributed by atoms with E-state index in [0.29, 0.717) is 25.4 Å². The molecule has 2 atom stereocenters. The summed E-state index contributed by atoms with van der Waals surface area (Å²) in [6.45, 7) is 3.03. The van der Waals surface area contributed by atoms with E-state index < -0.39 is 6.04 Å². The molecule has 2 fully saturated rings. The van der Waals surface area contributed by atoms with Crippen molar-refractivity contribution in [3.63, 3.8) is 0 Å². The first-order valence-corrected chi connectivity index (χ1v) is 14.0. The average Bonchev–Trinajstić information content (AvgIpc) is 3.44. The Morgan fingerprint density at radius 1 is 1.00 bits per heavy atom. The van der Waals surface area contributed by atoms with E-state index in [4.69, 9.17) is 4.74 Å². The molecular formula is C30H40N4O4. The summed E-state index contributed by atoms with van der Waals surface area (Å²) in [6.07, 6.45) is 9.43. The minimum atomic E-state index is -0.739. The molecule has 0 bridgehead atoms. The Morgan fingerprint density at radius 3 is 2.47 bits per heavy atom. The third-order valence-corrected chi connectivity index (χ3v) is 7.38. The van der Waals surface area contributed by atoms with Crippen molar-refractivity contribution in [2.45, 2.75) is 89.3 Å². The normalized spacial score (nSPS) is 18.5. The number of anilines is 1. The second-order valence-corrected chi connectivity index (χ2v) is 10.5. The fourth-order valence-electron chi connectivity index (χ4n) is 5.29. The molecule has 0 radical (unpaired) electrons. The molecule has 1 aromatic carbocycles. The molecule has 2 heterocycles.